The highest BCUT2D eigenvalue weighted by Gasteiger charge is 2.08. The number of rotatable bonds is 3. The summed E-state index contributed by atoms with van der Waals surface area (Å²) >= 11 is 3.28. The van der Waals surface area contributed by atoms with Crippen LogP contribution in [0.3, 0.4) is 0 Å². The molecular formula is C14H13BrN2O2. The van der Waals surface area contributed by atoms with Crippen molar-refractivity contribution in [3.05, 3.63) is 58.1 Å². The Bertz CT molecular complexity index is 614. The highest BCUT2D eigenvalue weighted by atomic mass is 79.9. The zero-order valence-electron chi connectivity index (χ0n) is 10.1. The smallest absolute Gasteiger partial charge is 0.255 e. The number of aliphatic hydroxyl groups is 1. The average Bonchev–Trinajstić information content (AvgIpc) is 2.42. The van der Waals surface area contributed by atoms with Crippen LogP contribution in [0, 0.1) is 0 Å². The maximum Gasteiger partial charge on any atom is 0.255 e. The van der Waals surface area contributed by atoms with Gasteiger partial charge in [-0.05, 0) is 51.8 Å². The highest BCUT2D eigenvalue weighted by Crippen LogP contribution is 2.21. The van der Waals surface area contributed by atoms with Gasteiger partial charge < -0.3 is 16.2 Å². The van der Waals surface area contributed by atoms with Crippen molar-refractivity contribution in [2.24, 2.45) is 0 Å². The summed E-state index contributed by atoms with van der Waals surface area (Å²) in [5.74, 6) is -0.226. The van der Waals surface area contributed by atoms with Gasteiger partial charge in [0.05, 0.1) is 6.61 Å². The number of nitrogens with two attached hydrogens (primary N) is 1. The van der Waals surface area contributed by atoms with Gasteiger partial charge in [-0.25, -0.2) is 0 Å². The maximum atomic E-state index is 12.0. The molecule has 4 N–H and O–H groups in total. The number of hydrogen-bond acceptors (Lipinski definition) is 3. The van der Waals surface area contributed by atoms with Gasteiger partial charge in [0.15, 0.2) is 0 Å². The van der Waals surface area contributed by atoms with E-state index >= 15 is 0 Å². The predicted octanol–water partition coefficient (Wildman–Crippen LogP) is 2.78. The lowest BCUT2D eigenvalue weighted by Gasteiger charge is -2.07. The van der Waals surface area contributed by atoms with E-state index in [2.05, 4.69) is 21.2 Å². The second-order valence-corrected chi connectivity index (χ2v) is 4.90. The van der Waals surface area contributed by atoms with Gasteiger partial charge >= 0.3 is 0 Å². The first kappa shape index (κ1) is 13.6. The zero-order valence-corrected chi connectivity index (χ0v) is 11.6. The molecule has 0 aliphatic rings. The van der Waals surface area contributed by atoms with E-state index in [0.29, 0.717) is 21.4 Å². The largest absolute Gasteiger partial charge is 0.398 e. The summed E-state index contributed by atoms with van der Waals surface area (Å²) in [6.45, 7) is -0.0584. The van der Waals surface area contributed by atoms with Crippen molar-refractivity contribution in [2.75, 3.05) is 11.1 Å². The average molecular weight is 321 g/mol. The van der Waals surface area contributed by atoms with Crippen LogP contribution >= 0.6 is 15.9 Å². The topological polar surface area (TPSA) is 75.4 Å². The molecule has 0 bridgehead atoms. The molecule has 4 nitrogen and oxygen atoms in total. The van der Waals surface area contributed by atoms with Crippen LogP contribution in [0.15, 0.2) is 46.9 Å². The highest BCUT2D eigenvalue weighted by molar-refractivity contribution is 9.10. The first-order chi connectivity index (χ1) is 9.10. The Morgan fingerprint density at radius 1 is 1.26 bits per heavy atom. The van der Waals surface area contributed by atoms with E-state index in [1.54, 1.807) is 42.5 Å². The Kier molecular flexibility index (Phi) is 4.19. The Morgan fingerprint density at radius 2 is 2.05 bits per heavy atom. The number of carbonyl (C=O) groups is 1. The molecule has 0 aliphatic heterocycles. The number of halogens is 1. The predicted molar refractivity (Wildman–Crippen MR) is 78.9 cm³/mol. The van der Waals surface area contributed by atoms with Crippen LogP contribution in [0.5, 0.6) is 0 Å². The number of carbonyl (C=O) groups excluding carboxylic acids is 1. The van der Waals surface area contributed by atoms with Crippen LogP contribution in [0.1, 0.15) is 15.9 Å². The van der Waals surface area contributed by atoms with Crippen molar-refractivity contribution in [1.82, 2.24) is 0 Å². The minimum Gasteiger partial charge on any atom is -0.398 e. The SMILES string of the molecule is Nc1ccc(C(=O)Nc2cccc(CO)c2)cc1Br. The van der Waals surface area contributed by atoms with Crippen LogP contribution in [-0.4, -0.2) is 11.0 Å². The molecular weight excluding hydrogens is 308 g/mol. The van der Waals surface area contributed by atoms with Gasteiger partial charge in [-0.3, -0.25) is 4.79 Å². The summed E-state index contributed by atoms with van der Waals surface area (Å²) in [5, 5.41) is 11.8. The Balaban J connectivity index is 2.18. The molecule has 0 aromatic heterocycles. The standard InChI is InChI=1S/C14H13BrN2O2/c15-12-7-10(4-5-13(12)16)14(19)17-11-3-1-2-9(6-11)8-18/h1-7,18H,8,16H2,(H,17,19). The third-order valence-electron chi connectivity index (χ3n) is 2.63. The lowest BCUT2D eigenvalue weighted by molar-refractivity contribution is 0.102. The molecule has 0 unspecified atom stereocenters. The van der Waals surface area contributed by atoms with E-state index in [9.17, 15) is 4.79 Å². The molecule has 0 spiro atoms. The van der Waals surface area contributed by atoms with Gasteiger partial charge in [0.1, 0.15) is 0 Å². The normalized spacial score (nSPS) is 10.2. The van der Waals surface area contributed by atoms with Crippen molar-refractivity contribution < 1.29 is 9.90 Å². The van der Waals surface area contributed by atoms with Crippen molar-refractivity contribution >= 4 is 33.2 Å². The monoisotopic (exact) mass is 320 g/mol. The van der Waals surface area contributed by atoms with E-state index in [1.165, 1.54) is 0 Å². The van der Waals surface area contributed by atoms with Crippen LogP contribution in [0.4, 0.5) is 11.4 Å². The molecule has 0 saturated carbocycles. The van der Waals surface area contributed by atoms with Crippen LogP contribution in [0.25, 0.3) is 0 Å². The molecule has 0 heterocycles. The molecule has 5 heteroatoms. The quantitative estimate of drug-likeness (QED) is 0.761. The minimum absolute atomic E-state index is 0.0584. The lowest BCUT2D eigenvalue weighted by Crippen LogP contribution is -2.12. The first-order valence-electron chi connectivity index (χ1n) is 5.66. The summed E-state index contributed by atoms with van der Waals surface area (Å²) in [5.41, 5.74) is 8.15. The van der Waals surface area contributed by atoms with Crippen LogP contribution in [-0.2, 0) is 6.61 Å². The molecule has 1 amide bonds. The van der Waals surface area contributed by atoms with Crippen molar-refractivity contribution in [2.45, 2.75) is 6.61 Å². The number of nitrogen functional groups attached to an aromatic ring is 1. The van der Waals surface area contributed by atoms with E-state index < -0.39 is 0 Å². The van der Waals surface area contributed by atoms with Gasteiger partial charge in [-0.2, -0.15) is 0 Å². The first-order valence-corrected chi connectivity index (χ1v) is 6.45. The third kappa shape index (κ3) is 3.33. The fourth-order valence-electron chi connectivity index (χ4n) is 1.62. The van der Waals surface area contributed by atoms with E-state index in [4.69, 9.17) is 10.8 Å². The lowest BCUT2D eigenvalue weighted by atomic mass is 10.1. The molecule has 19 heavy (non-hydrogen) atoms. The molecule has 2 aromatic carbocycles. The summed E-state index contributed by atoms with van der Waals surface area (Å²) in [7, 11) is 0. The molecule has 0 fully saturated rings. The Hall–Kier alpha value is -1.85. The second-order valence-electron chi connectivity index (χ2n) is 4.05. The van der Waals surface area contributed by atoms with Crippen LogP contribution < -0.4 is 11.1 Å². The summed E-state index contributed by atoms with van der Waals surface area (Å²) in [6, 6.07) is 12.1. The second kappa shape index (κ2) is 5.86. The molecule has 2 aromatic rings. The maximum absolute atomic E-state index is 12.0. The fourth-order valence-corrected chi connectivity index (χ4v) is 2.00. The molecule has 0 saturated heterocycles. The fraction of sp³-hybridized carbons (Fsp3) is 0.0714. The van der Waals surface area contributed by atoms with Crippen molar-refractivity contribution in [3.63, 3.8) is 0 Å². The van der Waals surface area contributed by atoms with E-state index in [0.717, 1.165) is 5.56 Å². The van der Waals surface area contributed by atoms with Gasteiger partial charge in [-0.15, -0.1) is 0 Å². The van der Waals surface area contributed by atoms with E-state index in [-0.39, 0.29) is 12.5 Å². The molecule has 0 radical (unpaired) electrons. The molecule has 98 valence electrons. The number of amides is 1. The Morgan fingerprint density at radius 3 is 2.74 bits per heavy atom. The van der Waals surface area contributed by atoms with Crippen LogP contribution in [0.2, 0.25) is 0 Å². The summed E-state index contributed by atoms with van der Waals surface area (Å²) in [6.07, 6.45) is 0. The number of aliphatic hydroxyl groups excluding tert-OH is 1. The van der Waals surface area contributed by atoms with Gasteiger partial charge in [0.2, 0.25) is 0 Å². The number of anilines is 2. The number of benzene rings is 2. The number of hydrogen-bond donors (Lipinski definition) is 3. The van der Waals surface area contributed by atoms with E-state index in [1.807, 2.05) is 0 Å². The Labute approximate surface area is 119 Å². The molecule has 0 atom stereocenters. The van der Waals surface area contributed by atoms with Crippen molar-refractivity contribution in [1.29, 1.82) is 0 Å². The zero-order chi connectivity index (χ0) is 13.8. The molecule has 2 rings (SSSR count). The summed E-state index contributed by atoms with van der Waals surface area (Å²) in [4.78, 5) is 12.0. The van der Waals surface area contributed by atoms with Gasteiger partial charge in [-0.1, -0.05) is 12.1 Å². The van der Waals surface area contributed by atoms with Gasteiger partial charge in [0.25, 0.3) is 5.91 Å². The van der Waals surface area contributed by atoms with Gasteiger partial charge in [0, 0.05) is 21.4 Å². The third-order valence-corrected chi connectivity index (χ3v) is 3.32. The molecule has 0 aliphatic carbocycles. The summed E-state index contributed by atoms with van der Waals surface area (Å²) < 4.78 is 0.684. The minimum atomic E-state index is -0.226. The number of nitrogens with one attached hydrogen (secondary N) is 1. The van der Waals surface area contributed by atoms with Crippen molar-refractivity contribution in [3.8, 4) is 0 Å².